The molecule has 1 heterocycles. The summed E-state index contributed by atoms with van der Waals surface area (Å²) in [5, 5.41) is 7.17. The summed E-state index contributed by atoms with van der Waals surface area (Å²) in [6, 6.07) is 18.7. The summed E-state index contributed by atoms with van der Waals surface area (Å²) < 4.78 is 0. The van der Waals surface area contributed by atoms with Gasteiger partial charge in [-0.3, -0.25) is 0 Å². The molecule has 0 spiro atoms. The molecule has 2 aromatic rings. The Balaban J connectivity index is 2.10. The van der Waals surface area contributed by atoms with Gasteiger partial charge < -0.3 is 10.6 Å². The van der Waals surface area contributed by atoms with Crippen molar-refractivity contribution < 1.29 is 0 Å². The first kappa shape index (κ1) is 10.3. The second-order valence-corrected chi connectivity index (χ2v) is 4.44. The van der Waals surface area contributed by atoms with Crippen LogP contribution in [0.3, 0.4) is 0 Å². The van der Waals surface area contributed by atoms with Gasteiger partial charge in [-0.15, -0.1) is 0 Å². The largest absolute Gasteiger partial charge is 0.351 e. The third-order valence-electron chi connectivity index (χ3n) is 2.93. The number of hydrogen-bond acceptors (Lipinski definition) is 1. The Hall–Kier alpha value is -1.87. The summed E-state index contributed by atoms with van der Waals surface area (Å²) >= 11 is 5.24. The van der Waals surface area contributed by atoms with Gasteiger partial charge in [0.1, 0.15) is 0 Å². The molecule has 84 valence electrons. The van der Waals surface area contributed by atoms with Crippen LogP contribution in [0.1, 0.15) is 17.2 Å². The average Bonchev–Trinajstić information content (AvgIpc) is 2.39. The van der Waals surface area contributed by atoms with E-state index in [1.807, 2.05) is 30.3 Å². The van der Waals surface area contributed by atoms with Crippen molar-refractivity contribution in [2.45, 2.75) is 6.04 Å². The minimum atomic E-state index is 0.140. The van der Waals surface area contributed by atoms with Gasteiger partial charge in [-0.05, 0) is 23.8 Å². The first-order valence-corrected chi connectivity index (χ1v) is 5.97. The Labute approximate surface area is 106 Å². The lowest BCUT2D eigenvalue weighted by Gasteiger charge is -2.29. The number of anilines is 1. The van der Waals surface area contributed by atoms with Crippen LogP contribution in [0.25, 0.3) is 0 Å². The highest BCUT2D eigenvalue weighted by Crippen LogP contribution is 2.31. The fraction of sp³-hybridized carbons (Fsp3) is 0.0714. The fourth-order valence-electron chi connectivity index (χ4n) is 2.14. The van der Waals surface area contributed by atoms with Crippen LogP contribution in [0.4, 0.5) is 5.69 Å². The quantitative estimate of drug-likeness (QED) is 0.749. The van der Waals surface area contributed by atoms with Gasteiger partial charge in [-0.2, -0.15) is 0 Å². The van der Waals surface area contributed by atoms with Crippen molar-refractivity contribution in [1.82, 2.24) is 5.32 Å². The van der Waals surface area contributed by atoms with Crippen molar-refractivity contribution in [2.75, 3.05) is 5.32 Å². The molecule has 3 rings (SSSR count). The number of para-hydroxylation sites is 1. The van der Waals surface area contributed by atoms with Gasteiger partial charge in [0, 0.05) is 11.3 Å². The summed E-state index contributed by atoms with van der Waals surface area (Å²) in [4.78, 5) is 0. The Morgan fingerprint density at radius 2 is 1.59 bits per heavy atom. The fourth-order valence-corrected chi connectivity index (χ4v) is 2.37. The van der Waals surface area contributed by atoms with Gasteiger partial charge in [0.2, 0.25) is 0 Å². The summed E-state index contributed by atoms with van der Waals surface area (Å²) in [5.74, 6) is 0. The van der Waals surface area contributed by atoms with E-state index in [0.717, 1.165) is 5.69 Å². The molecule has 0 aliphatic carbocycles. The summed E-state index contributed by atoms with van der Waals surface area (Å²) in [6.45, 7) is 0. The molecule has 0 saturated carbocycles. The molecule has 1 atom stereocenters. The van der Waals surface area contributed by atoms with Crippen LogP contribution < -0.4 is 10.6 Å². The van der Waals surface area contributed by atoms with E-state index in [2.05, 4.69) is 34.9 Å². The highest BCUT2D eigenvalue weighted by Gasteiger charge is 2.22. The molecule has 17 heavy (non-hydrogen) atoms. The maximum atomic E-state index is 5.24. The molecule has 0 aromatic heterocycles. The van der Waals surface area contributed by atoms with E-state index in [0.29, 0.717) is 5.11 Å². The van der Waals surface area contributed by atoms with Gasteiger partial charge in [-0.1, -0.05) is 48.5 Å². The van der Waals surface area contributed by atoms with E-state index in [4.69, 9.17) is 12.2 Å². The highest BCUT2D eigenvalue weighted by atomic mass is 32.1. The predicted octanol–water partition coefficient (Wildman–Crippen LogP) is 3.08. The second kappa shape index (κ2) is 4.18. The Morgan fingerprint density at radius 1 is 0.882 bits per heavy atom. The molecule has 0 amide bonds. The lowest BCUT2D eigenvalue weighted by atomic mass is 9.96. The molecule has 2 N–H and O–H groups in total. The van der Waals surface area contributed by atoms with E-state index in [1.54, 1.807) is 0 Å². The van der Waals surface area contributed by atoms with Crippen LogP contribution in [-0.2, 0) is 0 Å². The maximum absolute atomic E-state index is 5.24. The molecular weight excluding hydrogens is 228 g/mol. The van der Waals surface area contributed by atoms with Crippen LogP contribution in [0.5, 0.6) is 0 Å². The minimum absolute atomic E-state index is 0.140. The molecule has 0 fully saturated rings. The van der Waals surface area contributed by atoms with Crippen molar-refractivity contribution in [3.05, 3.63) is 65.7 Å². The molecule has 1 aliphatic heterocycles. The Kier molecular flexibility index (Phi) is 2.53. The number of rotatable bonds is 1. The molecule has 0 saturated heterocycles. The summed E-state index contributed by atoms with van der Waals surface area (Å²) in [5.41, 5.74) is 3.54. The Bertz CT molecular complexity index is 551. The van der Waals surface area contributed by atoms with Crippen molar-refractivity contribution in [3.63, 3.8) is 0 Å². The normalized spacial score (nSPS) is 17.9. The zero-order valence-corrected chi connectivity index (χ0v) is 10.00. The first-order valence-electron chi connectivity index (χ1n) is 5.56. The van der Waals surface area contributed by atoms with Gasteiger partial charge in [0.25, 0.3) is 0 Å². The zero-order valence-electron chi connectivity index (χ0n) is 9.18. The van der Waals surface area contributed by atoms with Crippen molar-refractivity contribution in [2.24, 2.45) is 0 Å². The van der Waals surface area contributed by atoms with Crippen molar-refractivity contribution >= 4 is 23.0 Å². The number of nitrogens with one attached hydrogen (secondary N) is 2. The lowest BCUT2D eigenvalue weighted by Crippen LogP contribution is -2.37. The van der Waals surface area contributed by atoms with E-state index in [9.17, 15) is 0 Å². The van der Waals surface area contributed by atoms with E-state index < -0.39 is 0 Å². The topological polar surface area (TPSA) is 24.1 Å². The average molecular weight is 240 g/mol. The van der Waals surface area contributed by atoms with Gasteiger partial charge in [-0.25, -0.2) is 0 Å². The van der Waals surface area contributed by atoms with E-state index >= 15 is 0 Å². The Morgan fingerprint density at radius 3 is 2.41 bits per heavy atom. The molecule has 3 heteroatoms. The maximum Gasteiger partial charge on any atom is 0.171 e. The van der Waals surface area contributed by atoms with Gasteiger partial charge in [0.15, 0.2) is 5.11 Å². The van der Waals surface area contributed by atoms with Crippen LogP contribution in [0.2, 0.25) is 0 Å². The van der Waals surface area contributed by atoms with E-state index in [-0.39, 0.29) is 6.04 Å². The molecule has 1 aliphatic rings. The summed E-state index contributed by atoms with van der Waals surface area (Å²) in [7, 11) is 0. The second-order valence-electron chi connectivity index (χ2n) is 4.03. The van der Waals surface area contributed by atoms with E-state index in [1.165, 1.54) is 11.1 Å². The number of benzene rings is 2. The predicted molar refractivity (Wildman–Crippen MR) is 74.1 cm³/mol. The van der Waals surface area contributed by atoms with Crippen molar-refractivity contribution in [1.29, 1.82) is 0 Å². The molecule has 2 nitrogen and oxygen atoms in total. The molecular formula is C14H12N2S. The molecule has 0 radical (unpaired) electrons. The lowest BCUT2D eigenvalue weighted by molar-refractivity contribution is 0.758. The minimum Gasteiger partial charge on any atom is -0.351 e. The van der Waals surface area contributed by atoms with Crippen molar-refractivity contribution in [3.8, 4) is 0 Å². The SMILES string of the molecule is S=C1Nc2ccccc2[C@H](c2ccccc2)N1. The van der Waals surface area contributed by atoms with Crippen LogP contribution in [0.15, 0.2) is 54.6 Å². The van der Waals surface area contributed by atoms with Crippen LogP contribution in [0, 0.1) is 0 Å². The smallest absolute Gasteiger partial charge is 0.171 e. The number of fused-ring (bicyclic) bond motifs is 1. The third kappa shape index (κ3) is 1.89. The standard InChI is InChI=1S/C14H12N2S/c17-14-15-12-9-5-4-8-11(12)13(16-14)10-6-2-1-3-7-10/h1-9,13H,(H2,15,16,17)/t13-/m0/s1. The molecule has 0 bridgehead atoms. The molecule has 2 aromatic carbocycles. The highest BCUT2D eigenvalue weighted by molar-refractivity contribution is 7.80. The number of hydrogen-bond donors (Lipinski definition) is 2. The van der Waals surface area contributed by atoms with Gasteiger partial charge >= 0.3 is 0 Å². The van der Waals surface area contributed by atoms with Crippen LogP contribution >= 0.6 is 12.2 Å². The molecule has 0 unspecified atom stereocenters. The van der Waals surface area contributed by atoms with Gasteiger partial charge in [0.05, 0.1) is 6.04 Å². The summed E-state index contributed by atoms with van der Waals surface area (Å²) in [6.07, 6.45) is 0. The van der Waals surface area contributed by atoms with Crippen LogP contribution in [-0.4, -0.2) is 5.11 Å². The zero-order chi connectivity index (χ0) is 11.7. The monoisotopic (exact) mass is 240 g/mol. The third-order valence-corrected chi connectivity index (χ3v) is 3.15. The first-order chi connectivity index (χ1) is 8.34. The number of thiocarbonyl (C=S) groups is 1.